The smallest absolute Gasteiger partial charge is 0.316 e. The largest absolute Gasteiger partial charge is 0.480 e. The molecule has 0 saturated heterocycles. The van der Waals surface area contributed by atoms with E-state index in [0.29, 0.717) is 29.0 Å². The molecule has 1 unspecified atom stereocenters. The molecule has 18 heavy (non-hydrogen) atoms. The second-order valence-corrected chi connectivity index (χ2v) is 5.08. The van der Waals surface area contributed by atoms with Crippen molar-refractivity contribution in [3.05, 3.63) is 29.8 Å². The van der Waals surface area contributed by atoms with Crippen molar-refractivity contribution in [1.29, 1.82) is 0 Å². The van der Waals surface area contributed by atoms with Gasteiger partial charge in [0, 0.05) is 0 Å². The Balaban J connectivity index is 2.10. The molecular formula is C12H13FN2O2S. The summed E-state index contributed by atoms with van der Waals surface area (Å²) in [5, 5.41) is 8.49. The standard InChI is InChI=1S/C12H13FN2O2S/c1-2-10(12(16)17)18-6-11-14-8-4-3-7(13)5-9(8)15-11/h3-5,10H,2,6H2,1H3,(H,14,15)(H,16,17). The van der Waals surface area contributed by atoms with Crippen molar-refractivity contribution in [3.8, 4) is 0 Å². The number of aromatic nitrogens is 2. The fraction of sp³-hybridized carbons (Fsp3) is 0.333. The van der Waals surface area contributed by atoms with Gasteiger partial charge in [-0.25, -0.2) is 9.37 Å². The van der Waals surface area contributed by atoms with Gasteiger partial charge in [0.25, 0.3) is 0 Å². The number of halogens is 1. The third-order valence-corrected chi connectivity index (χ3v) is 3.94. The number of carboxylic acids is 1. The Morgan fingerprint density at radius 1 is 1.61 bits per heavy atom. The van der Waals surface area contributed by atoms with Crippen LogP contribution in [-0.4, -0.2) is 26.3 Å². The van der Waals surface area contributed by atoms with Crippen molar-refractivity contribution in [2.45, 2.75) is 24.3 Å². The molecule has 96 valence electrons. The average Bonchev–Trinajstić information content (AvgIpc) is 2.71. The SMILES string of the molecule is CCC(SCc1nc2ccc(F)cc2[nH]1)C(=O)O. The van der Waals surface area contributed by atoms with Crippen LogP contribution >= 0.6 is 11.8 Å². The number of aromatic amines is 1. The molecule has 0 radical (unpaired) electrons. The summed E-state index contributed by atoms with van der Waals surface area (Å²) in [4.78, 5) is 18.1. The predicted molar refractivity (Wildman–Crippen MR) is 69.1 cm³/mol. The number of nitrogens with one attached hydrogen (secondary N) is 1. The quantitative estimate of drug-likeness (QED) is 0.875. The second-order valence-electron chi connectivity index (χ2n) is 3.89. The molecule has 0 bridgehead atoms. The zero-order chi connectivity index (χ0) is 13.1. The summed E-state index contributed by atoms with van der Waals surface area (Å²) >= 11 is 1.32. The molecule has 0 aliphatic rings. The number of H-pyrrole nitrogens is 1. The molecule has 0 spiro atoms. The summed E-state index contributed by atoms with van der Waals surface area (Å²) in [6, 6.07) is 4.33. The van der Waals surface area contributed by atoms with E-state index < -0.39 is 11.2 Å². The van der Waals surface area contributed by atoms with Gasteiger partial charge in [-0.15, -0.1) is 11.8 Å². The lowest BCUT2D eigenvalue weighted by Crippen LogP contribution is -2.15. The number of hydrogen-bond acceptors (Lipinski definition) is 3. The third kappa shape index (κ3) is 2.81. The minimum absolute atomic E-state index is 0.317. The van der Waals surface area contributed by atoms with Crippen LogP contribution in [0.4, 0.5) is 4.39 Å². The monoisotopic (exact) mass is 268 g/mol. The van der Waals surface area contributed by atoms with Crippen LogP contribution in [0.15, 0.2) is 18.2 Å². The minimum atomic E-state index is -0.815. The number of hydrogen-bond donors (Lipinski definition) is 2. The maximum absolute atomic E-state index is 13.0. The topological polar surface area (TPSA) is 66.0 Å². The number of benzene rings is 1. The van der Waals surface area contributed by atoms with Crippen LogP contribution in [0.3, 0.4) is 0 Å². The number of carbonyl (C=O) groups is 1. The highest BCUT2D eigenvalue weighted by molar-refractivity contribution is 7.99. The molecule has 2 N–H and O–H groups in total. The number of imidazole rings is 1. The van der Waals surface area contributed by atoms with E-state index in [-0.39, 0.29) is 5.82 Å². The molecule has 1 heterocycles. The van der Waals surface area contributed by atoms with E-state index in [0.717, 1.165) is 0 Å². The number of thioether (sulfide) groups is 1. The zero-order valence-electron chi connectivity index (χ0n) is 9.81. The number of fused-ring (bicyclic) bond motifs is 1. The Morgan fingerprint density at radius 2 is 2.39 bits per heavy atom. The van der Waals surface area contributed by atoms with Crippen molar-refractivity contribution >= 4 is 28.8 Å². The zero-order valence-corrected chi connectivity index (χ0v) is 10.6. The summed E-state index contributed by atoms with van der Waals surface area (Å²) in [6.07, 6.45) is 0.564. The molecule has 6 heteroatoms. The van der Waals surface area contributed by atoms with Crippen LogP contribution in [0.25, 0.3) is 11.0 Å². The van der Waals surface area contributed by atoms with E-state index in [1.54, 1.807) is 6.07 Å². The Morgan fingerprint density at radius 3 is 3.06 bits per heavy atom. The molecule has 0 amide bonds. The average molecular weight is 268 g/mol. The van der Waals surface area contributed by atoms with Crippen molar-refractivity contribution in [2.24, 2.45) is 0 Å². The van der Waals surface area contributed by atoms with Crippen molar-refractivity contribution < 1.29 is 14.3 Å². The predicted octanol–water partition coefficient (Wildman–Crippen LogP) is 2.80. The van der Waals surface area contributed by atoms with Gasteiger partial charge >= 0.3 is 5.97 Å². The van der Waals surface area contributed by atoms with E-state index in [1.807, 2.05) is 6.92 Å². The fourth-order valence-electron chi connectivity index (χ4n) is 1.65. The first-order chi connectivity index (χ1) is 8.60. The summed E-state index contributed by atoms with van der Waals surface area (Å²) in [5.74, 6) is 0.00784. The normalized spacial score (nSPS) is 12.8. The van der Waals surface area contributed by atoms with Gasteiger partial charge in [0.1, 0.15) is 16.9 Å². The van der Waals surface area contributed by atoms with Crippen LogP contribution in [0.5, 0.6) is 0 Å². The van der Waals surface area contributed by atoms with E-state index in [1.165, 1.54) is 23.9 Å². The van der Waals surface area contributed by atoms with Gasteiger partial charge in [-0.3, -0.25) is 4.79 Å². The van der Waals surface area contributed by atoms with Gasteiger partial charge in [-0.2, -0.15) is 0 Å². The van der Waals surface area contributed by atoms with Gasteiger partial charge < -0.3 is 10.1 Å². The Kier molecular flexibility index (Phi) is 3.86. The van der Waals surface area contributed by atoms with Gasteiger partial charge in [0.2, 0.25) is 0 Å². The first-order valence-corrected chi connectivity index (χ1v) is 6.63. The third-order valence-electron chi connectivity index (χ3n) is 2.56. The number of aliphatic carboxylic acids is 1. The number of rotatable bonds is 5. The first-order valence-electron chi connectivity index (χ1n) is 5.58. The molecule has 0 fully saturated rings. The molecule has 1 aromatic carbocycles. The maximum atomic E-state index is 13.0. The molecule has 2 aromatic rings. The summed E-state index contributed by atoms with van der Waals surface area (Å²) < 4.78 is 13.0. The van der Waals surface area contributed by atoms with E-state index in [9.17, 15) is 9.18 Å². The highest BCUT2D eigenvalue weighted by Crippen LogP contribution is 2.21. The molecule has 2 rings (SSSR count). The lowest BCUT2D eigenvalue weighted by atomic mass is 10.3. The van der Waals surface area contributed by atoms with Crippen LogP contribution in [-0.2, 0) is 10.5 Å². The van der Waals surface area contributed by atoms with E-state index in [4.69, 9.17) is 5.11 Å². The Bertz CT molecular complexity index is 570. The van der Waals surface area contributed by atoms with E-state index in [2.05, 4.69) is 9.97 Å². The molecule has 4 nitrogen and oxygen atoms in total. The maximum Gasteiger partial charge on any atom is 0.316 e. The van der Waals surface area contributed by atoms with Gasteiger partial charge in [0.05, 0.1) is 16.8 Å². The van der Waals surface area contributed by atoms with Gasteiger partial charge in [0.15, 0.2) is 0 Å². The lowest BCUT2D eigenvalue weighted by molar-refractivity contribution is -0.136. The van der Waals surface area contributed by atoms with Crippen LogP contribution in [0, 0.1) is 5.82 Å². The van der Waals surface area contributed by atoms with Gasteiger partial charge in [-0.1, -0.05) is 6.92 Å². The molecule has 0 saturated carbocycles. The summed E-state index contributed by atoms with van der Waals surface area (Å²) in [7, 11) is 0. The van der Waals surface area contributed by atoms with Crippen molar-refractivity contribution in [1.82, 2.24) is 9.97 Å². The van der Waals surface area contributed by atoms with E-state index >= 15 is 0 Å². The fourth-order valence-corrected chi connectivity index (χ4v) is 2.52. The van der Waals surface area contributed by atoms with Crippen molar-refractivity contribution in [2.75, 3.05) is 0 Å². The van der Waals surface area contributed by atoms with Crippen molar-refractivity contribution in [3.63, 3.8) is 0 Å². The lowest BCUT2D eigenvalue weighted by Gasteiger charge is -2.07. The first kappa shape index (κ1) is 12.9. The Hall–Kier alpha value is -1.56. The van der Waals surface area contributed by atoms with Crippen LogP contribution < -0.4 is 0 Å². The Labute approximate surface area is 108 Å². The van der Waals surface area contributed by atoms with Crippen LogP contribution in [0.2, 0.25) is 0 Å². The molecule has 0 aliphatic carbocycles. The molecule has 1 atom stereocenters. The molecular weight excluding hydrogens is 255 g/mol. The highest BCUT2D eigenvalue weighted by Gasteiger charge is 2.16. The number of carboxylic acid groups (broad SMARTS) is 1. The summed E-state index contributed by atoms with van der Waals surface area (Å²) in [6.45, 7) is 1.83. The number of nitrogens with zero attached hydrogens (tertiary/aromatic N) is 1. The molecule has 1 aromatic heterocycles. The second kappa shape index (κ2) is 5.39. The highest BCUT2D eigenvalue weighted by atomic mass is 32.2. The minimum Gasteiger partial charge on any atom is -0.480 e. The summed E-state index contributed by atoms with van der Waals surface area (Å²) in [5.41, 5.74) is 1.32. The molecule has 0 aliphatic heterocycles. The van der Waals surface area contributed by atoms with Gasteiger partial charge in [-0.05, 0) is 24.6 Å². The van der Waals surface area contributed by atoms with Crippen LogP contribution in [0.1, 0.15) is 19.2 Å².